The average molecular weight is 241 g/mol. The van der Waals surface area contributed by atoms with Gasteiger partial charge in [0.1, 0.15) is 0 Å². The van der Waals surface area contributed by atoms with Crippen molar-refractivity contribution in [2.24, 2.45) is 0 Å². The molecule has 1 aromatic carbocycles. The molecule has 1 aliphatic rings. The van der Waals surface area contributed by atoms with Gasteiger partial charge in [0.05, 0.1) is 17.8 Å². The molecule has 1 amide bonds. The highest BCUT2D eigenvalue weighted by Gasteiger charge is 2.26. The number of hydrogen-bond donors (Lipinski definition) is 1. The molecule has 0 radical (unpaired) electrons. The van der Waals surface area contributed by atoms with Gasteiger partial charge in [-0.3, -0.25) is 4.79 Å². The molecule has 1 aromatic rings. The van der Waals surface area contributed by atoms with Crippen molar-refractivity contribution in [3.8, 4) is 0 Å². The largest absolute Gasteiger partial charge is 0.397 e. The third kappa shape index (κ3) is 1.21. The van der Waals surface area contributed by atoms with Gasteiger partial charge in [-0.05, 0) is 17.7 Å². The molecule has 68 valence electrons. The van der Waals surface area contributed by atoms with Gasteiger partial charge in [0, 0.05) is 11.5 Å². The molecule has 0 saturated carbocycles. The second-order valence-electron chi connectivity index (χ2n) is 3.13. The number of halogens is 1. The summed E-state index contributed by atoms with van der Waals surface area (Å²) in [6.07, 6.45) is 0.454. The Labute approximate surface area is 84.6 Å². The number of carbonyl (C=O) groups excluding carboxylic acids is 1. The van der Waals surface area contributed by atoms with Crippen LogP contribution in [0.4, 0.5) is 11.4 Å². The minimum Gasteiger partial charge on any atom is -0.397 e. The van der Waals surface area contributed by atoms with E-state index in [1.165, 1.54) is 0 Å². The Morgan fingerprint density at radius 3 is 2.92 bits per heavy atom. The number of hydrogen-bond acceptors (Lipinski definition) is 2. The molecule has 0 bridgehead atoms. The lowest BCUT2D eigenvalue weighted by Gasteiger charge is -2.12. The normalized spacial score (nSPS) is 14.9. The van der Waals surface area contributed by atoms with Crippen LogP contribution < -0.4 is 10.6 Å². The number of nitrogens with zero attached hydrogens (tertiary/aromatic N) is 1. The van der Waals surface area contributed by atoms with Crippen molar-refractivity contribution in [1.82, 2.24) is 0 Å². The summed E-state index contributed by atoms with van der Waals surface area (Å²) in [5.74, 6) is 0.0970. The predicted octanol–water partition coefficient (Wildman–Crippen LogP) is 1.55. The number of carbonyl (C=O) groups is 1. The predicted molar refractivity (Wildman–Crippen MR) is 55.7 cm³/mol. The van der Waals surface area contributed by atoms with Crippen LogP contribution in [0.25, 0.3) is 0 Å². The molecule has 3 nitrogen and oxygen atoms in total. The summed E-state index contributed by atoms with van der Waals surface area (Å²) < 4.78 is 0.923. The molecule has 0 aliphatic carbocycles. The SMILES string of the molecule is CN1C(=O)Cc2cc(Br)cc(N)c21. The topological polar surface area (TPSA) is 46.3 Å². The van der Waals surface area contributed by atoms with Crippen LogP contribution in [-0.2, 0) is 11.2 Å². The highest BCUT2D eigenvalue weighted by atomic mass is 79.9. The summed E-state index contributed by atoms with van der Waals surface area (Å²) in [6.45, 7) is 0. The Bertz CT molecular complexity index is 389. The van der Waals surface area contributed by atoms with Gasteiger partial charge in [0.15, 0.2) is 0 Å². The zero-order valence-electron chi connectivity index (χ0n) is 7.17. The third-order valence-corrected chi connectivity index (χ3v) is 2.69. The molecule has 1 aliphatic heterocycles. The van der Waals surface area contributed by atoms with Crippen LogP contribution in [0.5, 0.6) is 0 Å². The number of likely N-dealkylation sites (N-methyl/N-ethyl adjacent to an activating group) is 1. The molecule has 0 fully saturated rings. The first-order valence-electron chi connectivity index (χ1n) is 3.94. The van der Waals surface area contributed by atoms with E-state index in [0.717, 1.165) is 15.7 Å². The summed E-state index contributed by atoms with van der Waals surface area (Å²) in [6, 6.07) is 3.75. The summed E-state index contributed by atoms with van der Waals surface area (Å²) >= 11 is 3.35. The van der Waals surface area contributed by atoms with Crippen LogP contribution in [0.1, 0.15) is 5.56 Å². The van der Waals surface area contributed by atoms with Crippen molar-refractivity contribution in [2.75, 3.05) is 17.7 Å². The summed E-state index contributed by atoms with van der Waals surface area (Å²) in [5.41, 5.74) is 8.31. The molecule has 0 aromatic heterocycles. The average Bonchev–Trinajstić information content (AvgIpc) is 2.27. The zero-order chi connectivity index (χ0) is 9.59. The maximum atomic E-state index is 11.3. The molecule has 0 spiro atoms. The van der Waals surface area contributed by atoms with Crippen molar-refractivity contribution in [1.29, 1.82) is 0 Å². The highest BCUT2D eigenvalue weighted by Crippen LogP contribution is 2.35. The van der Waals surface area contributed by atoms with Crippen molar-refractivity contribution < 1.29 is 4.79 Å². The van der Waals surface area contributed by atoms with Crippen LogP contribution in [0, 0.1) is 0 Å². The fourth-order valence-corrected chi connectivity index (χ4v) is 2.15. The van der Waals surface area contributed by atoms with E-state index in [4.69, 9.17) is 5.73 Å². The fourth-order valence-electron chi connectivity index (χ4n) is 1.63. The molecule has 0 atom stereocenters. The quantitative estimate of drug-likeness (QED) is 0.700. The number of rotatable bonds is 0. The second-order valence-corrected chi connectivity index (χ2v) is 4.05. The van der Waals surface area contributed by atoms with Gasteiger partial charge >= 0.3 is 0 Å². The zero-order valence-corrected chi connectivity index (χ0v) is 8.76. The molecule has 0 saturated heterocycles. The number of amides is 1. The van der Waals surface area contributed by atoms with Crippen LogP contribution in [-0.4, -0.2) is 13.0 Å². The summed E-state index contributed by atoms with van der Waals surface area (Å²) in [4.78, 5) is 13.0. The Morgan fingerprint density at radius 1 is 1.54 bits per heavy atom. The van der Waals surface area contributed by atoms with Crippen LogP contribution >= 0.6 is 15.9 Å². The number of anilines is 2. The number of fused-ring (bicyclic) bond motifs is 1. The van der Waals surface area contributed by atoms with Gasteiger partial charge in [-0.2, -0.15) is 0 Å². The molecule has 2 N–H and O–H groups in total. The molecule has 0 unspecified atom stereocenters. The van der Waals surface area contributed by atoms with Crippen molar-refractivity contribution in [2.45, 2.75) is 6.42 Å². The lowest BCUT2D eigenvalue weighted by Crippen LogP contribution is -2.21. The minimum atomic E-state index is 0.0970. The van der Waals surface area contributed by atoms with E-state index in [1.807, 2.05) is 12.1 Å². The maximum absolute atomic E-state index is 11.3. The first-order chi connectivity index (χ1) is 6.09. The lowest BCUT2D eigenvalue weighted by atomic mass is 10.1. The van der Waals surface area contributed by atoms with Gasteiger partial charge in [0.2, 0.25) is 5.91 Å². The minimum absolute atomic E-state index is 0.0970. The van der Waals surface area contributed by atoms with Crippen LogP contribution in [0.3, 0.4) is 0 Å². The molecule has 2 rings (SSSR count). The van der Waals surface area contributed by atoms with E-state index in [-0.39, 0.29) is 5.91 Å². The molecule has 1 heterocycles. The fraction of sp³-hybridized carbons (Fsp3) is 0.222. The number of benzene rings is 1. The molecule has 13 heavy (non-hydrogen) atoms. The van der Waals surface area contributed by atoms with Gasteiger partial charge < -0.3 is 10.6 Å². The summed E-state index contributed by atoms with van der Waals surface area (Å²) in [7, 11) is 1.75. The number of nitrogen functional groups attached to an aromatic ring is 1. The smallest absolute Gasteiger partial charge is 0.231 e. The van der Waals surface area contributed by atoms with Crippen molar-refractivity contribution >= 4 is 33.2 Å². The second kappa shape index (κ2) is 2.73. The first-order valence-corrected chi connectivity index (χ1v) is 4.73. The monoisotopic (exact) mass is 240 g/mol. The molecular formula is C9H9BrN2O. The van der Waals surface area contributed by atoms with Crippen LogP contribution in [0.15, 0.2) is 16.6 Å². The van der Waals surface area contributed by atoms with Gasteiger partial charge in [-0.15, -0.1) is 0 Å². The van der Waals surface area contributed by atoms with Gasteiger partial charge in [-0.25, -0.2) is 0 Å². The summed E-state index contributed by atoms with van der Waals surface area (Å²) in [5, 5.41) is 0. The van der Waals surface area contributed by atoms with E-state index in [9.17, 15) is 4.79 Å². The van der Waals surface area contributed by atoms with E-state index >= 15 is 0 Å². The highest BCUT2D eigenvalue weighted by molar-refractivity contribution is 9.10. The van der Waals surface area contributed by atoms with Gasteiger partial charge in [0.25, 0.3) is 0 Å². The van der Waals surface area contributed by atoms with Crippen molar-refractivity contribution in [3.63, 3.8) is 0 Å². The van der Waals surface area contributed by atoms with Crippen molar-refractivity contribution in [3.05, 3.63) is 22.2 Å². The van der Waals surface area contributed by atoms with E-state index in [1.54, 1.807) is 11.9 Å². The number of nitrogens with two attached hydrogens (primary N) is 1. The Hall–Kier alpha value is -1.03. The van der Waals surface area contributed by atoms with E-state index in [0.29, 0.717) is 12.1 Å². The Morgan fingerprint density at radius 2 is 2.23 bits per heavy atom. The maximum Gasteiger partial charge on any atom is 0.231 e. The lowest BCUT2D eigenvalue weighted by molar-refractivity contribution is -0.117. The van der Waals surface area contributed by atoms with E-state index < -0.39 is 0 Å². The molecular weight excluding hydrogens is 232 g/mol. The van der Waals surface area contributed by atoms with Gasteiger partial charge in [-0.1, -0.05) is 15.9 Å². The first kappa shape index (κ1) is 8.56. The Balaban J connectivity index is 2.64. The van der Waals surface area contributed by atoms with E-state index in [2.05, 4.69) is 15.9 Å². The molecule has 4 heteroatoms. The van der Waals surface area contributed by atoms with Crippen LogP contribution in [0.2, 0.25) is 0 Å². The standard InChI is InChI=1S/C9H9BrN2O/c1-12-8(13)3-5-2-6(10)4-7(11)9(5)12/h2,4H,3,11H2,1H3. The third-order valence-electron chi connectivity index (χ3n) is 2.23. The Kier molecular flexibility index (Phi) is 1.80.